The van der Waals surface area contributed by atoms with Gasteiger partial charge in [-0.25, -0.2) is 4.79 Å². The number of likely N-dealkylation sites (tertiary alicyclic amines) is 2. The molecule has 22 nitrogen and oxygen atoms in total. The average Bonchev–Trinajstić information content (AvgIpc) is 2.60. The third-order valence-corrected chi connectivity index (χ3v) is 18.9. The van der Waals surface area contributed by atoms with Gasteiger partial charge in [-0.1, -0.05) is 52.0 Å². The van der Waals surface area contributed by atoms with Gasteiger partial charge in [-0.3, -0.25) is 34.6 Å². The first-order valence-corrected chi connectivity index (χ1v) is 31.5. The van der Waals surface area contributed by atoms with Crippen molar-refractivity contribution in [1.29, 1.82) is 0 Å². The largest absolute Gasteiger partial charge is 0.493 e. The number of hydrogen-bond acceptors (Lipinski definition) is 17. The summed E-state index contributed by atoms with van der Waals surface area (Å²) in [4.78, 5) is 84.4. The third kappa shape index (κ3) is 20.5. The highest BCUT2D eigenvalue weighted by Crippen LogP contribution is 2.40. The predicted molar refractivity (Wildman–Crippen MR) is 324 cm³/mol. The summed E-state index contributed by atoms with van der Waals surface area (Å²) in [6, 6.07) is 9.87. The standard InChI is InChI=1S/C62H87N5O17Si/c1-17-46-25-40(2)35-64(46)58(70)50-32-54(76-14)55(34-52(50)67(74)75)81-38-44-28-43(29-48(30-44)79-24-23-78-22-21-77-20-18-19-45(31-56(68)83-60(5,6)7)63-59(71)84-61(8,9)10)37-80-53-33-51(66(72)73)49(27-42(53)4)57(69)65-36-41(3)26-47(65)39-82-85(15,16)62(11,12)13/h27-30,32-34,46-47H,2-3,17-26,31,35-39H2,1,4-16H3/t46-,47+/m1/s1. The molecule has 2 atom stereocenters. The van der Waals surface area contributed by atoms with E-state index < -0.39 is 64.6 Å². The first-order chi connectivity index (χ1) is 39.7. The first kappa shape index (κ1) is 68.6. The maximum atomic E-state index is 14.3. The Hall–Kier alpha value is -7.21. The zero-order chi connectivity index (χ0) is 63.2. The minimum Gasteiger partial charge on any atom is -0.493 e. The number of methoxy groups -OCH3 is 1. The van der Waals surface area contributed by atoms with Gasteiger partial charge in [0.1, 0.15) is 53.6 Å². The topological polar surface area (TPSA) is 256 Å². The summed E-state index contributed by atoms with van der Waals surface area (Å²) in [5, 5.41) is 25.1. The van der Waals surface area contributed by atoms with E-state index >= 15 is 0 Å². The summed E-state index contributed by atoms with van der Waals surface area (Å²) in [6.07, 6.45) is 1.54. The average molecular weight is 1200 g/mol. The van der Waals surface area contributed by atoms with E-state index in [1.807, 2.05) is 6.92 Å². The summed E-state index contributed by atoms with van der Waals surface area (Å²) in [5.74, 6) is -0.911. The fourth-order valence-corrected chi connectivity index (χ4v) is 10.3. The van der Waals surface area contributed by atoms with Crippen molar-refractivity contribution in [3.8, 4) is 23.0 Å². The van der Waals surface area contributed by atoms with Crippen LogP contribution in [-0.4, -0.2) is 141 Å². The molecule has 0 spiro atoms. The summed E-state index contributed by atoms with van der Waals surface area (Å²) >= 11 is 0. The van der Waals surface area contributed by atoms with Crippen molar-refractivity contribution in [3.63, 3.8) is 0 Å². The van der Waals surface area contributed by atoms with Crippen LogP contribution in [0.1, 0.15) is 145 Å². The van der Waals surface area contributed by atoms with Crippen LogP contribution in [0, 0.1) is 27.2 Å². The molecule has 85 heavy (non-hydrogen) atoms. The minimum absolute atomic E-state index is 0.00351. The van der Waals surface area contributed by atoms with Gasteiger partial charge in [-0.05, 0) is 140 Å². The van der Waals surface area contributed by atoms with Gasteiger partial charge in [-0.15, -0.1) is 0 Å². The molecule has 0 saturated carbocycles. The molecule has 3 aromatic carbocycles. The normalized spacial score (nSPS) is 15.9. The lowest BCUT2D eigenvalue weighted by Crippen LogP contribution is -2.46. The van der Waals surface area contributed by atoms with Crippen LogP contribution in [-0.2, 0) is 41.4 Å². The lowest BCUT2D eigenvalue weighted by atomic mass is 10.1. The molecule has 2 aliphatic rings. The third-order valence-electron chi connectivity index (χ3n) is 14.4. The van der Waals surface area contributed by atoms with Crippen molar-refractivity contribution < 1.29 is 71.3 Å². The van der Waals surface area contributed by atoms with Gasteiger partial charge in [0.2, 0.25) is 0 Å². The van der Waals surface area contributed by atoms with Crippen LogP contribution in [0.2, 0.25) is 18.1 Å². The van der Waals surface area contributed by atoms with E-state index in [9.17, 15) is 39.4 Å². The zero-order valence-corrected chi connectivity index (χ0v) is 53.1. The van der Waals surface area contributed by atoms with Gasteiger partial charge in [0.25, 0.3) is 23.2 Å². The Kier molecular flexibility index (Phi) is 24.0. The molecule has 0 aliphatic carbocycles. The van der Waals surface area contributed by atoms with Crippen molar-refractivity contribution in [2.75, 3.05) is 59.8 Å². The number of carbonyl (C=O) groups is 4. The molecule has 0 N–H and O–H groups in total. The Morgan fingerprint density at radius 3 is 1.74 bits per heavy atom. The fourth-order valence-electron chi connectivity index (χ4n) is 9.24. The second-order valence-electron chi connectivity index (χ2n) is 24.9. The highest BCUT2D eigenvalue weighted by atomic mass is 28.4. The first-order valence-electron chi connectivity index (χ1n) is 28.6. The lowest BCUT2D eigenvalue weighted by Gasteiger charge is -2.38. The number of aryl methyl sites for hydroxylation is 1. The van der Waals surface area contributed by atoms with Crippen molar-refractivity contribution in [2.45, 2.75) is 169 Å². The van der Waals surface area contributed by atoms with Crippen LogP contribution in [0.15, 0.2) is 71.8 Å². The van der Waals surface area contributed by atoms with Crippen LogP contribution in [0.5, 0.6) is 23.0 Å². The number of nitro groups is 2. The van der Waals surface area contributed by atoms with Gasteiger partial charge in [0, 0.05) is 37.5 Å². The molecule has 2 saturated heterocycles. The van der Waals surface area contributed by atoms with Gasteiger partial charge < -0.3 is 52.1 Å². The highest BCUT2D eigenvalue weighted by molar-refractivity contribution is 6.74. The predicted octanol–water partition coefficient (Wildman–Crippen LogP) is 12.3. The summed E-state index contributed by atoms with van der Waals surface area (Å²) in [5.41, 5.74) is 0.961. The number of esters is 1. The smallest absolute Gasteiger partial charge is 0.434 e. The van der Waals surface area contributed by atoms with E-state index in [0.29, 0.717) is 53.8 Å². The van der Waals surface area contributed by atoms with E-state index in [1.165, 1.54) is 31.4 Å². The van der Waals surface area contributed by atoms with Crippen LogP contribution in [0.4, 0.5) is 16.2 Å². The quantitative estimate of drug-likeness (QED) is 0.0124. The Bertz CT molecular complexity index is 2970. The van der Waals surface area contributed by atoms with Crippen LogP contribution in [0.25, 0.3) is 0 Å². The second kappa shape index (κ2) is 29.7. The highest BCUT2D eigenvalue weighted by Gasteiger charge is 2.41. The minimum atomic E-state index is -2.18. The van der Waals surface area contributed by atoms with Gasteiger partial charge in [0.05, 0.1) is 68.0 Å². The van der Waals surface area contributed by atoms with Crippen LogP contribution < -0.4 is 18.9 Å². The second-order valence-corrected chi connectivity index (χ2v) is 29.7. The molecule has 5 rings (SSSR count). The zero-order valence-electron chi connectivity index (χ0n) is 52.1. The fraction of sp³-hybridized carbons (Fsp3) is 0.565. The summed E-state index contributed by atoms with van der Waals surface area (Å²) in [6.45, 7) is 34.4. The lowest BCUT2D eigenvalue weighted by molar-refractivity contribution is -0.385. The number of carbonyl (C=O) groups excluding carboxylic acids is 4. The molecule has 0 radical (unpaired) electrons. The Morgan fingerprint density at radius 2 is 1.20 bits per heavy atom. The number of benzene rings is 3. The molecule has 0 bridgehead atoms. The number of rotatable bonds is 28. The Labute approximate surface area is 500 Å². The van der Waals surface area contributed by atoms with E-state index in [1.54, 1.807) is 76.5 Å². The molecule has 2 fully saturated rings. The van der Waals surface area contributed by atoms with E-state index in [0.717, 1.165) is 11.1 Å². The SMILES string of the molecule is C=C1C[C@@H](CC)N(C(=O)c2cc(OC)c(OCc3cc(COc4cc([N+](=O)[O-])c(C(=O)N5CC(=C)C[C@H]5CO[Si](C)(C)C(C)(C)C)cc4C)cc(OCCOCCOCCCC(CC(=O)OC(C)(C)C)=NC(=O)OC(C)(C)C)c3)cc2[N+](=O)[O-])C1. The molecule has 3 amide bonds. The molecule has 0 aromatic heterocycles. The molecule has 3 aromatic rings. The number of ether oxygens (including phenoxy) is 8. The van der Waals surface area contributed by atoms with Crippen LogP contribution in [0.3, 0.4) is 0 Å². The molecule has 466 valence electrons. The summed E-state index contributed by atoms with van der Waals surface area (Å²) < 4.78 is 53.1. The molecule has 2 heterocycles. The number of nitro benzene ring substituents is 2. The van der Waals surface area contributed by atoms with Crippen molar-refractivity contribution in [2.24, 2.45) is 4.99 Å². The molecule has 0 unspecified atom stereocenters. The van der Waals surface area contributed by atoms with E-state index in [-0.39, 0.29) is 124 Å². The maximum absolute atomic E-state index is 14.3. The van der Waals surface area contributed by atoms with Crippen molar-refractivity contribution >= 4 is 49.3 Å². The van der Waals surface area contributed by atoms with Crippen LogP contribution >= 0.6 is 0 Å². The monoisotopic (exact) mass is 1200 g/mol. The number of amides is 3. The van der Waals surface area contributed by atoms with Crippen molar-refractivity contribution in [3.05, 3.63) is 115 Å². The molecule has 23 heteroatoms. The Balaban J connectivity index is 1.31. The Morgan fingerprint density at radius 1 is 0.682 bits per heavy atom. The van der Waals surface area contributed by atoms with E-state index in [4.69, 9.17) is 42.3 Å². The number of nitrogens with zero attached hydrogens (tertiary/aromatic N) is 5. The van der Waals surface area contributed by atoms with Gasteiger partial charge in [-0.2, -0.15) is 4.99 Å². The van der Waals surface area contributed by atoms with Gasteiger partial charge >= 0.3 is 12.1 Å². The number of aliphatic imine (C=N–C) groups is 1. The number of hydrogen-bond donors (Lipinski definition) is 0. The summed E-state index contributed by atoms with van der Waals surface area (Å²) in [7, 11) is -0.817. The van der Waals surface area contributed by atoms with E-state index in [2.05, 4.69) is 52.0 Å². The molecular weight excluding hydrogens is 1110 g/mol. The van der Waals surface area contributed by atoms with Crippen molar-refractivity contribution in [1.82, 2.24) is 9.80 Å². The van der Waals surface area contributed by atoms with Gasteiger partial charge in [0.15, 0.2) is 19.8 Å². The maximum Gasteiger partial charge on any atom is 0.434 e. The molecular formula is C62H87N5O17Si. The molecule has 2 aliphatic heterocycles.